The Morgan fingerprint density at radius 3 is 3.10 bits per heavy atom. The summed E-state index contributed by atoms with van der Waals surface area (Å²) in [5.41, 5.74) is 0. The van der Waals surface area contributed by atoms with E-state index in [1.807, 2.05) is 24.3 Å². The summed E-state index contributed by atoms with van der Waals surface area (Å²) in [5, 5.41) is 9.90. The summed E-state index contributed by atoms with van der Waals surface area (Å²) < 4.78 is 0. The standard InChI is InChI=1S/C5H11N5/c1-10-3-2-7-5(10)4-8-9-6/h2-3,5,7H,4H2,1H3,(H2,6,8). The molecule has 1 atom stereocenters. The van der Waals surface area contributed by atoms with Crippen molar-refractivity contribution in [3.63, 3.8) is 0 Å². The van der Waals surface area contributed by atoms with Crippen molar-refractivity contribution in [2.24, 2.45) is 16.2 Å². The summed E-state index contributed by atoms with van der Waals surface area (Å²) in [6.45, 7) is 0.583. The lowest BCUT2D eigenvalue weighted by atomic mass is 10.5. The van der Waals surface area contributed by atoms with Crippen molar-refractivity contribution in [1.29, 1.82) is 0 Å². The number of nitrogens with two attached hydrogens (primary N) is 1. The quantitative estimate of drug-likeness (QED) is 0.313. The molecule has 1 unspecified atom stereocenters. The van der Waals surface area contributed by atoms with Gasteiger partial charge in [0.05, 0.1) is 0 Å². The van der Waals surface area contributed by atoms with Crippen LogP contribution < -0.4 is 11.2 Å². The first-order chi connectivity index (χ1) is 4.84. The van der Waals surface area contributed by atoms with Crippen molar-refractivity contribution < 1.29 is 0 Å². The lowest BCUT2D eigenvalue weighted by Gasteiger charge is -2.17. The molecule has 56 valence electrons. The van der Waals surface area contributed by atoms with Gasteiger partial charge >= 0.3 is 0 Å². The average Bonchev–Trinajstić information content (AvgIpc) is 2.31. The van der Waals surface area contributed by atoms with Crippen LogP contribution in [0.2, 0.25) is 0 Å². The maximum Gasteiger partial charge on any atom is 0.120 e. The molecule has 1 aliphatic rings. The highest BCUT2D eigenvalue weighted by Crippen LogP contribution is 2.00. The van der Waals surface area contributed by atoms with E-state index in [4.69, 9.17) is 5.84 Å². The van der Waals surface area contributed by atoms with E-state index in [1.165, 1.54) is 0 Å². The highest BCUT2D eigenvalue weighted by molar-refractivity contribution is 4.92. The predicted octanol–water partition coefficient (Wildman–Crippen LogP) is -0.355. The Kier molecular flexibility index (Phi) is 2.09. The van der Waals surface area contributed by atoms with Crippen LogP contribution in [0.5, 0.6) is 0 Å². The number of nitrogens with zero attached hydrogens (tertiary/aromatic N) is 3. The number of rotatable bonds is 2. The summed E-state index contributed by atoms with van der Waals surface area (Å²) >= 11 is 0. The molecule has 0 radical (unpaired) electrons. The Hall–Kier alpha value is -1.26. The molecule has 10 heavy (non-hydrogen) atoms. The van der Waals surface area contributed by atoms with Gasteiger partial charge in [-0.15, -0.1) is 0 Å². The van der Waals surface area contributed by atoms with Crippen LogP contribution in [0.4, 0.5) is 0 Å². The Morgan fingerprint density at radius 1 is 1.80 bits per heavy atom. The number of hydrogen-bond donors (Lipinski definition) is 2. The number of hydrogen-bond acceptors (Lipinski definition) is 4. The monoisotopic (exact) mass is 141 g/mol. The highest BCUT2D eigenvalue weighted by atomic mass is 15.3. The van der Waals surface area contributed by atoms with E-state index >= 15 is 0 Å². The van der Waals surface area contributed by atoms with Crippen LogP contribution in [-0.2, 0) is 0 Å². The van der Waals surface area contributed by atoms with Crippen LogP contribution in [0.25, 0.3) is 0 Å². The Bertz CT molecular complexity index is 152. The Balaban J connectivity index is 2.30. The van der Waals surface area contributed by atoms with E-state index in [-0.39, 0.29) is 6.17 Å². The maximum atomic E-state index is 4.84. The fourth-order valence-electron chi connectivity index (χ4n) is 0.799. The van der Waals surface area contributed by atoms with Gasteiger partial charge in [0.2, 0.25) is 0 Å². The smallest absolute Gasteiger partial charge is 0.120 e. The molecule has 0 amide bonds. The molecule has 0 bridgehead atoms. The van der Waals surface area contributed by atoms with E-state index in [9.17, 15) is 0 Å². The van der Waals surface area contributed by atoms with Crippen molar-refractivity contribution in [3.8, 4) is 0 Å². The Labute approximate surface area is 59.6 Å². The third kappa shape index (κ3) is 1.37. The zero-order valence-corrected chi connectivity index (χ0v) is 5.86. The minimum absolute atomic E-state index is 0.215. The van der Waals surface area contributed by atoms with Gasteiger partial charge in [-0.2, -0.15) is 5.11 Å². The van der Waals surface area contributed by atoms with Crippen LogP contribution in [0.15, 0.2) is 22.7 Å². The first kappa shape index (κ1) is 6.85. The lowest BCUT2D eigenvalue weighted by molar-refractivity contribution is 0.335. The van der Waals surface area contributed by atoms with Gasteiger partial charge in [-0.1, -0.05) is 5.22 Å². The molecular formula is C5H11N5. The molecule has 0 aromatic rings. The normalized spacial score (nSPS) is 24.1. The molecule has 0 aliphatic carbocycles. The van der Waals surface area contributed by atoms with E-state index < -0.39 is 0 Å². The van der Waals surface area contributed by atoms with E-state index in [0.29, 0.717) is 6.54 Å². The second-order valence-electron chi connectivity index (χ2n) is 2.10. The van der Waals surface area contributed by atoms with Gasteiger partial charge in [-0.25, -0.2) is 0 Å². The van der Waals surface area contributed by atoms with E-state index in [1.54, 1.807) is 0 Å². The summed E-state index contributed by atoms with van der Waals surface area (Å²) in [4.78, 5) is 2.01. The molecule has 0 aromatic carbocycles. The van der Waals surface area contributed by atoms with Crippen LogP contribution >= 0.6 is 0 Å². The van der Waals surface area contributed by atoms with Gasteiger partial charge < -0.3 is 16.1 Å². The molecule has 0 spiro atoms. The zero-order chi connectivity index (χ0) is 7.40. The van der Waals surface area contributed by atoms with Crippen LogP contribution in [0.1, 0.15) is 0 Å². The average molecular weight is 141 g/mol. The fraction of sp³-hybridized carbons (Fsp3) is 0.600. The molecule has 5 nitrogen and oxygen atoms in total. The van der Waals surface area contributed by atoms with Crippen molar-refractivity contribution in [2.75, 3.05) is 13.6 Å². The molecule has 0 saturated carbocycles. The molecule has 1 rings (SSSR count). The second kappa shape index (κ2) is 3.05. The number of likely N-dealkylation sites (N-methyl/N-ethyl adjacent to an activating group) is 1. The van der Waals surface area contributed by atoms with Crippen LogP contribution in [-0.4, -0.2) is 24.7 Å². The van der Waals surface area contributed by atoms with Gasteiger partial charge in [0.1, 0.15) is 12.7 Å². The zero-order valence-electron chi connectivity index (χ0n) is 5.86. The maximum absolute atomic E-state index is 4.84. The molecule has 0 fully saturated rings. The predicted molar refractivity (Wildman–Crippen MR) is 37.7 cm³/mol. The molecule has 3 N–H and O–H groups in total. The summed E-state index contributed by atoms with van der Waals surface area (Å²) in [5.74, 6) is 4.84. The minimum Gasteiger partial charge on any atom is -0.368 e. The van der Waals surface area contributed by atoms with Crippen molar-refractivity contribution in [1.82, 2.24) is 10.2 Å². The first-order valence-electron chi connectivity index (χ1n) is 3.06. The number of nitrogens with one attached hydrogen (secondary N) is 1. The molecule has 0 aromatic heterocycles. The van der Waals surface area contributed by atoms with Gasteiger partial charge in [-0.3, -0.25) is 0 Å². The van der Waals surface area contributed by atoms with Gasteiger partial charge in [0, 0.05) is 19.4 Å². The topological polar surface area (TPSA) is 66.0 Å². The largest absolute Gasteiger partial charge is 0.368 e. The van der Waals surface area contributed by atoms with Crippen molar-refractivity contribution >= 4 is 0 Å². The summed E-state index contributed by atoms with van der Waals surface area (Å²) in [6.07, 6.45) is 4.03. The summed E-state index contributed by atoms with van der Waals surface area (Å²) in [7, 11) is 1.97. The van der Waals surface area contributed by atoms with Crippen molar-refractivity contribution in [3.05, 3.63) is 12.4 Å². The van der Waals surface area contributed by atoms with E-state index in [2.05, 4.69) is 15.7 Å². The minimum atomic E-state index is 0.215. The third-order valence-corrected chi connectivity index (χ3v) is 1.43. The molecular weight excluding hydrogens is 130 g/mol. The summed E-state index contributed by atoms with van der Waals surface area (Å²) in [6, 6.07) is 0. The molecule has 0 saturated heterocycles. The van der Waals surface area contributed by atoms with Gasteiger partial charge in [0.15, 0.2) is 0 Å². The highest BCUT2D eigenvalue weighted by Gasteiger charge is 2.12. The molecule has 1 heterocycles. The van der Waals surface area contributed by atoms with Crippen molar-refractivity contribution in [2.45, 2.75) is 6.17 Å². The molecule has 5 heteroatoms. The molecule has 1 aliphatic heterocycles. The SMILES string of the molecule is CN1C=CNC1CN=NN. The Morgan fingerprint density at radius 2 is 2.60 bits per heavy atom. The van der Waals surface area contributed by atoms with Crippen LogP contribution in [0.3, 0.4) is 0 Å². The van der Waals surface area contributed by atoms with Gasteiger partial charge in [-0.05, 0) is 0 Å². The lowest BCUT2D eigenvalue weighted by Crippen LogP contribution is -2.35. The van der Waals surface area contributed by atoms with Gasteiger partial charge in [0.25, 0.3) is 0 Å². The fourth-order valence-corrected chi connectivity index (χ4v) is 0.799. The first-order valence-corrected chi connectivity index (χ1v) is 3.06. The van der Waals surface area contributed by atoms with E-state index in [0.717, 1.165) is 0 Å². The third-order valence-electron chi connectivity index (χ3n) is 1.43. The second-order valence-corrected chi connectivity index (χ2v) is 2.10. The van der Waals surface area contributed by atoms with Crippen LogP contribution in [0, 0.1) is 0 Å².